The number of hydrogen-bond donors (Lipinski definition) is 1. The highest BCUT2D eigenvalue weighted by molar-refractivity contribution is 5.81. The molecule has 0 bridgehead atoms. The second-order valence-electron chi connectivity index (χ2n) is 8.51. The summed E-state index contributed by atoms with van der Waals surface area (Å²) in [6.07, 6.45) is 6.13. The van der Waals surface area contributed by atoms with E-state index < -0.39 is 0 Å². The largest absolute Gasteiger partial charge is 0.352 e. The minimum absolute atomic E-state index is 0.0142. The summed E-state index contributed by atoms with van der Waals surface area (Å²) in [5.41, 5.74) is 0.912. The van der Waals surface area contributed by atoms with Gasteiger partial charge in [0.2, 0.25) is 11.8 Å². The molecule has 1 aromatic carbocycles. The van der Waals surface area contributed by atoms with Gasteiger partial charge in [0.1, 0.15) is 5.82 Å². The Bertz CT molecular complexity index is 696. The predicted octanol–water partition coefficient (Wildman–Crippen LogP) is 2.55. The molecular weight excluding hydrogens is 357 g/mol. The van der Waals surface area contributed by atoms with Crippen molar-refractivity contribution in [1.82, 2.24) is 15.1 Å². The summed E-state index contributed by atoms with van der Waals surface area (Å²) in [5, 5.41) is 3.01. The normalized spacial score (nSPS) is 24.2. The molecule has 1 atom stereocenters. The van der Waals surface area contributed by atoms with Crippen molar-refractivity contribution in [3.63, 3.8) is 0 Å². The van der Waals surface area contributed by atoms with E-state index in [1.807, 2.05) is 4.90 Å². The van der Waals surface area contributed by atoms with Crippen LogP contribution in [0.25, 0.3) is 0 Å². The Hall–Kier alpha value is -1.95. The fourth-order valence-electron chi connectivity index (χ4n) is 4.53. The third-order valence-electron chi connectivity index (χ3n) is 6.42. The molecule has 2 saturated heterocycles. The number of nitrogens with zero attached hydrogens (tertiary/aromatic N) is 2. The van der Waals surface area contributed by atoms with Gasteiger partial charge in [0.05, 0.1) is 5.92 Å². The van der Waals surface area contributed by atoms with Crippen LogP contribution in [0.3, 0.4) is 0 Å². The molecule has 2 amide bonds. The Kier molecular flexibility index (Phi) is 5.95. The zero-order chi connectivity index (χ0) is 19.5. The van der Waals surface area contributed by atoms with E-state index in [1.54, 1.807) is 12.1 Å². The Morgan fingerprint density at radius 3 is 2.36 bits per heavy atom. The van der Waals surface area contributed by atoms with Crippen LogP contribution in [0.4, 0.5) is 4.39 Å². The molecule has 28 heavy (non-hydrogen) atoms. The van der Waals surface area contributed by atoms with Gasteiger partial charge in [0, 0.05) is 38.1 Å². The van der Waals surface area contributed by atoms with E-state index in [9.17, 15) is 14.0 Å². The van der Waals surface area contributed by atoms with Crippen molar-refractivity contribution in [1.29, 1.82) is 0 Å². The molecule has 2 heterocycles. The predicted molar refractivity (Wildman–Crippen MR) is 105 cm³/mol. The first-order chi connectivity index (χ1) is 13.6. The summed E-state index contributed by atoms with van der Waals surface area (Å²) in [6, 6.07) is 6.74. The molecule has 0 aromatic heterocycles. The van der Waals surface area contributed by atoms with Crippen molar-refractivity contribution in [2.75, 3.05) is 26.2 Å². The topological polar surface area (TPSA) is 52.7 Å². The number of carbonyl (C=O) groups excluding carboxylic acids is 2. The van der Waals surface area contributed by atoms with Crippen LogP contribution in [0, 0.1) is 17.7 Å². The summed E-state index contributed by atoms with van der Waals surface area (Å²) in [5.74, 6) is 0.509. The molecule has 152 valence electrons. The zero-order valence-corrected chi connectivity index (χ0v) is 16.4. The lowest BCUT2D eigenvalue weighted by Crippen LogP contribution is -2.51. The second kappa shape index (κ2) is 8.60. The molecule has 5 nitrogen and oxygen atoms in total. The Labute approximate surface area is 166 Å². The second-order valence-corrected chi connectivity index (χ2v) is 8.51. The van der Waals surface area contributed by atoms with Gasteiger partial charge in [-0.05, 0) is 62.8 Å². The highest BCUT2D eigenvalue weighted by Crippen LogP contribution is 2.32. The molecule has 1 unspecified atom stereocenters. The van der Waals surface area contributed by atoms with E-state index in [2.05, 4.69) is 10.2 Å². The fourth-order valence-corrected chi connectivity index (χ4v) is 4.53. The number of carbonyl (C=O) groups is 2. The maximum Gasteiger partial charge on any atom is 0.225 e. The van der Waals surface area contributed by atoms with Gasteiger partial charge in [0.15, 0.2) is 0 Å². The number of likely N-dealkylation sites (tertiary alicyclic amines) is 2. The maximum atomic E-state index is 13.0. The minimum Gasteiger partial charge on any atom is -0.352 e. The lowest BCUT2D eigenvalue weighted by atomic mass is 9.93. The molecule has 6 heteroatoms. The first-order valence-electron chi connectivity index (χ1n) is 10.6. The number of halogens is 1. The van der Waals surface area contributed by atoms with Gasteiger partial charge < -0.3 is 10.2 Å². The monoisotopic (exact) mass is 387 g/mol. The quantitative estimate of drug-likeness (QED) is 0.845. The van der Waals surface area contributed by atoms with Crippen LogP contribution in [0.5, 0.6) is 0 Å². The van der Waals surface area contributed by atoms with Crippen LogP contribution < -0.4 is 5.32 Å². The van der Waals surface area contributed by atoms with Gasteiger partial charge in [-0.3, -0.25) is 14.5 Å². The minimum atomic E-state index is -0.261. The molecular formula is C22H30FN3O2. The van der Waals surface area contributed by atoms with Crippen LogP contribution in [0.15, 0.2) is 24.3 Å². The van der Waals surface area contributed by atoms with Gasteiger partial charge in [-0.2, -0.15) is 0 Å². The third kappa shape index (κ3) is 4.72. The van der Waals surface area contributed by atoms with E-state index in [0.29, 0.717) is 24.4 Å². The molecule has 0 spiro atoms. The summed E-state index contributed by atoms with van der Waals surface area (Å²) < 4.78 is 13.0. The van der Waals surface area contributed by atoms with Crippen molar-refractivity contribution < 1.29 is 14.0 Å². The molecule has 3 fully saturated rings. The van der Waals surface area contributed by atoms with Gasteiger partial charge in [-0.25, -0.2) is 4.39 Å². The lowest BCUT2D eigenvalue weighted by Gasteiger charge is -2.42. The highest BCUT2D eigenvalue weighted by Gasteiger charge is 2.37. The standard InChI is InChI=1S/C22H30FN3O2/c23-19-7-3-16(4-8-19)14-24-21(27)18-2-1-11-26(15-18)20-9-12-25(13-10-20)22(28)17-5-6-17/h3-4,7-8,17-18,20H,1-2,5-6,9-15H2,(H,24,27). The Morgan fingerprint density at radius 2 is 1.68 bits per heavy atom. The average molecular weight is 387 g/mol. The third-order valence-corrected chi connectivity index (χ3v) is 6.42. The molecule has 3 aliphatic rings. The molecule has 1 saturated carbocycles. The molecule has 0 radical (unpaired) electrons. The van der Waals surface area contributed by atoms with Crippen molar-refractivity contribution in [3.8, 4) is 0 Å². The van der Waals surface area contributed by atoms with Gasteiger partial charge in [-0.15, -0.1) is 0 Å². The van der Waals surface area contributed by atoms with Crippen LogP contribution in [-0.4, -0.2) is 53.8 Å². The Balaban J connectivity index is 1.24. The van der Waals surface area contributed by atoms with Gasteiger partial charge in [-0.1, -0.05) is 12.1 Å². The van der Waals surface area contributed by atoms with Crippen molar-refractivity contribution in [2.45, 2.75) is 51.1 Å². The molecule has 4 rings (SSSR count). The molecule has 1 N–H and O–H groups in total. The van der Waals surface area contributed by atoms with E-state index in [0.717, 1.165) is 70.3 Å². The van der Waals surface area contributed by atoms with Crippen LogP contribution in [-0.2, 0) is 16.1 Å². The Morgan fingerprint density at radius 1 is 0.964 bits per heavy atom. The number of benzene rings is 1. The summed E-state index contributed by atoms with van der Waals surface area (Å²) in [7, 11) is 0. The summed E-state index contributed by atoms with van der Waals surface area (Å²) in [6.45, 7) is 4.01. The van der Waals surface area contributed by atoms with Crippen LogP contribution >= 0.6 is 0 Å². The van der Waals surface area contributed by atoms with Crippen LogP contribution in [0.1, 0.15) is 44.1 Å². The smallest absolute Gasteiger partial charge is 0.225 e. The highest BCUT2D eigenvalue weighted by atomic mass is 19.1. The van der Waals surface area contributed by atoms with Crippen LogP contribution in [0.2, 0.25) is 0 Å². The van der Waals surface area contributed by atoms with E-state index in [4.69, 9.17) is 0 Å². The van der Waals surface area contributed by atoms with Crippen molar-refractivity contribution >= 4 is 11.8 Å². The number of amides is 2. The SMILES string of the molecule is O=C(NCc1ccc(F)cc1)C1CCCN(C2CCN(C(=O)C3CC3)CC2)C1. The average Bonchev–Trinajstić information content (AvgIpc) is 3.58. The van der Waals surface area contributed by atoms with E-state index in [-0.39, 0.29) is 17.6 Å². The lowest BCUT2D eigenvalue weighted by molar-refractivity contribution is -0.134. The first kappa shape index (κ1) is 19.4. The van der Waals surface area contributed by atoms with Gasteiger partial charge >= 0.3 is 0 Å². The molecule has 2 aliphatic heterocycles. The summed E-state index contributed by atoms with van der Waals surface area (Å²) >= 11 is 0. The first-order valence-corrected chi connectivity index (χ1v) is 10.6. The number of nitrogens with one attached hydrogen (secondary N) is 1. The van der Waals surface area contributed by atoms with Crippen molar-refractivity contribution in [2.24, 2.45) is 11.8 Å². The molecule has 1 aliphatic carbocycles. The zero-order valence-electron chi connectivity index (χ0n) is 16.4. The number of rotatable bonds is 5. The van der Waals surface area contributed by atoms with Gasteiger partial charge in [0.25, 0.3) is 0 Å². The fraction of sp³-hybridized carbons (Fsp3) is 0.636. The summed E-state index contributed by atoms with van der Waals surface area (Å²) in [4.78, 5) is 29.4. The maximum absolute atomic E-state index is 13.0. The van der Waals surface area contributed by atoms with E-state index in [1.165, 1.54) is 12.1 Å². The molecule has 1 aromatic rings. The van der Waals surface area contributed by atoms with E-state index >= 15 is 0 Å². The van der Waals surface area contributed by atoms with Crippen molar-refractivity contribution in [3.05, 3.63) is 35.6 Å². The number of piperidine rings is 2. The number of hydrogen-bond acceptors (Lipinski definition) is 3.